The number of carboxylic acids is 1. The van der Waals surface area contributed by atoms with E-state index in [1.54, 1.807) is 17.4 Å². The van der Waals surface area contributed by atoms with Crippen LogP contribution in [0.5, 0.6) is 0 Å². The first kappa shape index (κ1) is 14.5. The molecule has 3 rings (SSSR count). The highest BCUT2D eigenvalue weighted by Crippen LogP contribution is 2.35. The molecule has 0 bridgehead atoms. The van der Waals surface area contributed by atoms with E-state index in [0.29, 0.717) is 12.0 Å². The summed E-state index contributed by atoms with van der Waals surface area (Å²) in [6.07, 6.45) is 2.31. The molecule has 0 saturated heterocycles. The number of hydrogen-bond acceptors (Lipinski definition) is 2. The first-order valence-electron chi connectivity index (χ1n) is 7.20. The SMILES string of the molecule is CC/C(=C\c1sccc1-c1cccc2ccccc12)C(=O)O. The zero-order valence-corrected chi connectivity index (χ0v) is 13.1. The number of benzene rings is 2. The topological polar surface area (TPSA) is 37.3 Å². The Labute approximate surface area is 133 Å². The molecule has 0 aliphatic rings. The summed E-state index contributed by atoms with van der Waals surface area (Å²) in [5.74, 6) is -0.847. The van der Waals surface area contributed by atoms with Crippen molar-refractivity contribution in [1.29, 1.82) is 0 Å². The standard InChI is InChI=1S/C19H16O2S/c1-2-13(19(20)21)12-18-17(10-11-22-18)16-9-5-7-14-6-3-4-8-15(14)16/h3-12H,2H2,1H3,(H,20,21)/b13-12+. The third-order valence-electron chi connectivity index (χ3n) is 3.74. The number of fused-ring (bicyclic) bond motifs is 1. The lowest BCUT2D eigenvalue weighted by molar-refractivity contribution is -0.132. The van der Waals surface area contributed by atoms with Crippen LogP contribution in [0.15, 0.2) is 59.5 Å². The molecule has 3 heteroatoms. The van der Waals surface area contributed by atoms with Crippen molar-refractivity contribution >= 4 is 34.2 Å². The van der Waals surface area contributed by atoms with Crippen LogP contribution in [0.2, 0.25) is 0 Å². The maximum Gasteiger partial charge on any atom is 0.331 e. The molecule has 0 spiro atoms. The van der Waals surface area contributed by atoms with Gasteiger partial charge in [0.15, 0.2) is 0 Å². The van der Waals surface area contributed by atoms with Crippen LogP contribution in [-0.4, -0.2) is 11.1 Å². The van der Waals surface area contributed by atoms with Gasteiger partial charge in [0.05, 0.1) is 0 Å². The molecule has 110 valence electrons. The van der Waals surface area contributed by atoms with Crippen molar-refractivity contribution in [3.05, 3.63) is 64.4 Å². The van der Waals surface area contributed by atoms with Crippen LogP contribution in [0.1, 0.15) is 18.2 Å². The average Bonchev–Trinajstić information content (AvgIpc) is 2.99. The highest BCUT2D eigenvalue weighted by Gasteiger charge is 2.11. The smallest absolute Gasteiger partial charge is 0.331 e. The lowest BCUT2D eigenvalue weighted by Gasteiger charge is -2.07. The van der Waals surface area contributed by atoms with Gasteiger partial charge in [0, 0.05) is 16.0 Å². The van der Waals surface area contributed by atoms with Gasteiger partial charge in [0.2, 0.25) is 0 Å². The Hall–Kier alpha value is -2.39. The van der Waals surface area contributed by atoms with Gasteiger partial charge in [-0.05, 0) is 40.3 Å². The van der Waals surface area contributed by atoms with E-state index in [-0.39, 0.29) is 0 Å². The minimum atomic E-state index is -0.847. The third kappa shape index (κ3) is 2.68. The van der Waals surface area contributed by atoms with Crippen molar-refractivity contribution in [3.8, 4) is 11.1 Å². The molecule has 0 aliphatic carbocycles. The fraction of sp³-hybridized carbons (Fsp3) is 0.105. The zero-order valence-electron chi connectivity index (χ0n) is 12.2. The van der Waals surface area contributed by atoms with E-state index >= 15 is 0 Å². The minimum Gasteiger partial charge on any atom is -0.478 e. The second-order valence-corrected chi connectivity index (χ2v) is 6.00. The number of carboxylic acid groups (broad SMARTS) is 1. The lowest BCUT2D eigenvalue weighted by atomic mass is 9.98. The molecule has 22 heavy (non-hydrogen) atoms. The number of hydrogen-bond donors (Lipinski definition) is 1. The van der Waals surface area contributed by atoms with Gasteiger partial charge in [-0.3, -0.25) is 0 Å². The molecule has 1 N–H and O–H groups in total. The molecular formula is C19H16O2S. The molecule has 0 unspecified atom stereocenters. The van der Waals surface area contributed by atoms with Gasteiger partial charge in [-0.25, -0.2) is 4.79 Å². The van der Waals surface area contributed by atoms with E-state index in [1.807, 2.05) is 30.5 Å². The number of carbonyl (C=O) groups is 1. The molecule has 2 nitrogen and oxygen atoms in total. The maximum absolute atomic E-state index is 11.3. The second kappa shape index (κ2) is 6.16. The van der Waals surface area contributed by atoms with E-state index in [4.69, 9.17) is 0 Å². The van der Waals surface area contributed by atoms with Crippen LogP contribution in [0.4, 0.5) is 0 Å². The van der Waals surface area contributed by atoms with Crippen molar-refractivity contribution in [2.24, 2.45) is 0 Å². The van der Waals surface area contributed by atoms with Gasteiger partial charge in [0.1, 0.15) is 0 Å². The van der Waals surface area contributed by atoms with Gasteiger partial charge in [-0.1, -0.05) is 49.4 Å². The van der Waals surface area contributed by atoms with Gasteiger partial charge in [0.25, 0.3) is 0 Å². The van der Waals surface area contributed by atoms with Crippen molar-refractivity contribution in [3.63, 3.8) is 0 Å². The molecule has 0 atom stereocenters. The molecule has 0 saturated carbocycles. The molecule has 0 radical (unpaired) electrons. The Morgan fingerprint density at radius 3 is 2.64 bits per heavy atom. The quantitative estimate of drug-likeness (QED) is 0.651. The lowest BCUT2D eigenvalue weighted by Crippen LogP contribution is -1.98. The molecule has 3 aromatic rings. The van der Waals surface area contributed by atoms with E-state index < -0.39 is 5.97 Å². The van der Waals surface area contributed by atoms with E-state index in [1.165, 1.54) is 10.8 Å². The van der Waals surface area contributed by atoms with E-state index in [9.17, 15) is 9.90 Å². The highest BCUT2D eigenvalue weighted by molar-refractivity contribution is 7.11. The first-order valence-corrected chi connectivity index (χ1v) is 8.08. The molecule has 0 fully saturated rings. The predicted octanol–water partition coefficient (Wildman–Crippen LogP) is 5.45. The molecule has 0 aliphatic heterocycles. The summed E-state index contributed by atoms with van der Waals surface area (Å²) in [7, 11) is 0. The molecule has 2 aromatic carbocycles. The van der Waals surface area contributed by atoms with Crippen molar-refractivity contribution in [2.45, 2.75) is 13.3 Å². The average molecular weight is 308 g/mol. The summed E-state index contributed by atoms with van der Waals surface area (Å²) in [6, 6.07) is 16.5. The Morgan fingerprint density at radius 2 is 1.86 bits per heavy atom. The molecule has 1 heterocycles. The minimum absolute atomic E-state index is 0.434. The van der Waals surface area contributed by atoms with Crippen molar-refractivity contribution < 1.29 is 9.90 Å². The second-order valence-electron chi connectivity index (χ2n) is 5.05. The van der Waals surface area contributed by atoms with Gasteiger partial charge in [-0.2, -0.15) is 0 Å². The summed E-state index contributed by atoms with van der Waals surface area (Å²) in [6.45, 7) is 1.87. The molecule has 1 aromatic heterocycles. The molecule has 0 amide bonds. The third-order valence-corrected chi connectivity index (χ3v) is 4.60. The summed E-state index contributed by atoms with van der Waals surface area (Å²) in [4.78, 5) is 12.2. The highest BCUT2D eigenvalue weighted by atomic mass is 32.1. The van der Waals surface area contributed by atoms with Gasteiger partial charge >= 0.3 is 5.97 Å². The number of aliphatic carboxylic acids is 1. The molecular weight excluding hydrogens is 292 g/mol. The van der Waals surface area contributed by atoms with E-state index in [0.717, 1.165) is 16.0 Å². The van der Waals surface area contributed by atoms with Gasteiger partial charge < -0.3 is 5.11 Å². The number of rotatable bonds is 4. The normalized spacial score (nSPS) is 11.8. The van der Waals surface area contributed by atoms with Crippen LogP contribution in [-0.2, 0) is 4.79 Å². The summed E-state index contributed by atoms with van der Waals surface area (Å²) in [5.41, 5.74) is 2.67. The Morgan fingerprint density at radius 1 is 1.09 bits per heavy atom. The van der Waals surface area contributed by atoms with Crippen LogP contribution in [0.3, 0.4) is 0 Å². The van der Waals surface area contributed by atoms with Crippen LogP contribution in [0.25, 0.3) is 28.0 Å². The summed E-state index contributed by atoms with van der Waals surface area (Å²) >= 11 is 1.57. The largest absolute Gasteiger partial charge is 0.478 e. The van der Waals surface area contributed by atoms with Crippen molar-refractivity contribution in [1.82, 2.24) is 0 Å². The first-order chi connectivity index (χ1) is 10.7. The Balaban J connectivity index is 2.18. The number of thiophene rings is 1. The van der Waals surface area contributed by atoms with Crippen LogP contribution < -0.4 is 0 Å². The summed E-state index contributed by atoms with van der Waals surface area (Å²) < 4.78 is 0. The monoisotopic (exact) mass is 308 g/mol. The predicted molar refractivity (Wildman–Crippen MR) is 93.2 cm³/mol. The Kier molecular flexibility index (Phi) is 4.07. The zero-order chi connectivity index (χ0) is 15.5. The summed E-state index contributed by atoms with van der Waals surface area (Å²) in [5, 5.41) is 13.6. The van der Waals surface area contributed by atoms with Crippen molar-refractivity contribution in [2.75, 3.05) is 0 Å². The fourth-order valence-corrected chi connectivity index (χ4v) is 3.45. The fourth-order valence-electron chi connectivity index (χ4n) is 2.59. The maximum atomic E-state index is 11.3. The Bertz CT molecular complexity index is 853. The van der Waals surface area contributed by atoms with Crippen LogP contribution >= 0.6 is 11.3 Å². The van der Waals surface area contributed by atoms with Gasteiger partial charge in [-0.15, -0.1) is 11.3 Å². The van der Waals surface area contributed by atoms with E-state index in [2.05, 4.69) is 30.3 Å². The van der Waals surface area contributed by atoms with Crippen LogP contribution in [0, 0.1) is 0 Å².